The van der Waals surface area contributed by atoms with E-state index in [0.717, 1.165) is 22.9 Å². The molecule has 19 heavy (non-hydrogen) atoms. The zero-order chi connectivity index (χ0) is 13.8. The summed E-state index contributed by atoms with van der Waals surface area (Å²) < 4.78 is 25.9. The molecule has 0 unspecified atom stereocenters. The average Bonchev–Trinajstić information content (AvgIpc) is 2.43. The number of benzene rings is 2. The van der Waals surface area contributed by atoms with E-state index in [1.807, 2.05) is 31.2 Å². The van der Waals surface area contributed by atoms with E-state index in [4.69, 9.17) is 5.73 Å². The summed E-state index contributed by atoms with van der Waals surface area (Å²) >= 11 is 1.39. The van der Waals surface area contributed by atoms with Crippen LogP contribution in [0.1, 0.15) is 24.9 Å². The Kier molecular flexibility index (Phi) is 4.56. The first-order valence-electron chi connectivity index (χ1n) is 6.08. The van der Waals surface area contributed by atoms with E-state index in [-0.39, 0.29) is 6.04 Å². The highest BCUT2D eigenvalue weighted by Crippen LogP contribution is 2.29. The van der Waals surface area contributed by atoms with Crippen molar-refractivity contribution < 1.29 is 8.78 Å². The van der Waals surface area contributed by atoms with Crippen LogP contribution >= 0.6 is 11.8 Å². The molecule has 2 rings (SSSR count). The van der Waals surface area contributed by atoms with Crippen LogP contribution < -0.4 is 5.73 Å². The minimum absolute atomic E-state index is 0.0438. The van der Waals surface area contributed by atoms with Gasteiger partial charge in [0, 0.05) is 15.8 Å². The Morgan fingerprint density at radius 1 is 1.00 bits per heavy atom. The topological polar surface area (TPSA) is 26.0 Å². The standard InChI is InChI=1S/C15H15F2NS/c1-2-15(18)10-3-5-11(6-4-10)19-12-7-8-13(16)14(17)9-12/h3-9,15H,2,18H2,1H3/t15-/m1/s1. The second-order valence-corrected chi connectivity index (χ2v) is 5.41. The van der Waals surface area contributed by atoms with Gasteiger partial charge in [-0.15, -0.1) is 0 Å². The first kappa shape index (κ1) is 14.0. The number of hydrogen-bond acceptors (Lipinski definition) is 2. The molecule has 1 nitrogen and oxygen atoms in total. The first-order valence-corrected chi connectivity index (χ1v) is 6.90. The van der Waals surface area contributed by atoms with Crippen molar-refractivity contribution in [2.45, 2.75) is 29.2 Å². The summed E-state index contributed by atoms with van der Waals surface area (Å²) in [5.74, 6) is -1.65. The third kappa shape index (κ3) is 3.55. The van der Waals surface area contributed by atoms with Gasteiger partial charge in [-0.05, 0) is 42.3 Å². The van der Waals surface area contributed by atoms with Crippen LogP contribution in [0.3, 0.4) is 0 Å². The summed E-state index contributed by atoms with van der Waals surface area (Å²) in [6.45, 7) is 2.04. The quantitative estimate of drug-likeness (QED) is 0.890. The molecule has 2 aromatic carbocycles. The van der Waals surface area contributed by atoms with Crippen molar-refractivity contribution in [2.24, 2.45) is 5.73 Å². The molecule has 0 saturated heterocycles. The summed E-state index contributed by atoms with van der Waals surface area (Å²) in [7, 11) is 0. The minimum atomic E-state index is -0.825. The number of hydrogen-bond donors (Lipinski definition) is 1. The molecule has 2 aromatic rings. The molecule has 0 aromatic heterocycles. The Balaban J connectivity index is 2.12. The van der Waals surface area contributed by atoms with E-state index in [1.165, 1.54) is 17.8 Å². The molecule has 4 heteroatoms. The molecule has 2 N–H and O–H groups in total. The molecular formula is C15H15F2NS. The summed E-state index contributed by atoms with van der Waals surface area (Å²) in [6.07, 6.45) is 0.885. The van der Waals surface area contributed by atoms with Crippen molar-refractivity contribution in [3.8, 4) is 0 Å². The predicted octanol–water partition coefficient (Wildman–Crippen LogP) is 4.53. The molecule has 100 valence electrons. The van der Waals surface area contributed by atoms with Gasteiger partial charge in [-0.2, -0.15) is 0 Å². The van der Waals surface area contributed by atoms with Gasteiger partial charge in [-0.1, -0.05) is 30.8 Å². The number of halogens is 2. The summed E-state index contributed by atoms with van der Waals surface area (Å²) in [5.41, 5.74) is 7.02. The lowest BCUT2D eigenvalue weighted by atomic mass is 10.1. The summed E-state index contributed by atoms with van der Waals surface area (Å²) in [6, 6.07) is 11.8. The second kappa shape index (κ2) is 6.17. The minimum Gasteiger partial charge on any atom is -0.324 e. The van der Waals surface area contributed by atoms with Crippen LogP contribution in [0.2, 0.25) is 0 Å². The summed E-state index contributed by atoms with van der Waals surface area (Å²) in [4.78, 5) is 1.64. The molecule has 0 bridgehead atoms. The highest BCUT2D eigenvalue weighted by Gasteiger charge is 2.06. The van der Waals surface area contributed by atoms with Crippen molar-refractivity contribution in [3.63, 3.8) is 0 Å². The van der Waals surface area contributed by atoms with Crippen LogP contribution in [0, 0.1) is 11.6 Å². The Hall–Kier alpha value is -1.39. The molecule has 0 spiro atoms. The monoisotopic (exact) mass is 279 g/mol. The third-order valence-electron chi connectivity index (χ3n) is 2.87. The van der Waals surface area contributed by atoms with Crippen LogP contribution in [0.4, 0.5) is 8.78 Å². The fraction of sp³-hybridized carbons (Fsp3) is 0.200. The van der Waals surface area contributed by atoms with Crippen molar-refractivity contribution >= 4 is 11.8 Å². The maximum atomic E-state index is 13.1. The summed E-state index contributed by atoms with van der Waals surface area (Å²) in [5, 5.41) is 0. The SMILES string of the molecule is CC[C@@H](N)c1ccc(Sc2ccc(F)c(F)c2)cc1. The lowest BCUT2D eigenvalue weighted by Gasteiger charge is -2.09. The maximum absolute atomic E-state index is 13.1. The first-order chi connectivity index (χ1) is 9.10. The highest BCUT2D eigenvalue weighted by atomic mass is 32.2. The smallest absolute Gasteiger partial charge is 0.159 e. The van der Waals surface area contributed by atoms with Gasteiger partial charge < -0.3 is 5.73 Å². The molecule has 0 heterocycles. The second-order valence-electron chi connectivity index (χ2n) is 4.26. The zero-order valence-electron chi connectivity index (χ0n) is 10.6. The highest BCUT2D eigenvalue weighted by molar-refractivity contribution is 7.99. The average molecular weight is 279 g/mol. The fourth-order valence-corrected chi connectivity index (χ4v) is 2.54. The molecule has 1 atom stereocenters. The van der Waals surface area contributed by atoms with E-state index in [2.05, 4.69) is 0 Å². The Morgan fingerprint density at radius 2 is 1.63 bits per heavy atom. The van der Waals surface area contributed by atoms with Crippen molar-refractivity contribution in [1.82, 2.24) is 0 Å². The predicted molar refractivity (Wildman–Crippen MR) is 74.1 cm³/mol. The van der Waals surface area contributed by atoms with E-state index >= 15 is 0 Å². The van der Waals surface area contributed by atoms with Gasteiger partial charge in [0.25, 0.3) is 0 Å². The van der Waals surface area contributed by atoms with E-state index < -0.39 is 11.6 Å². The Labute approximate surface area is 115 Å². The van der Waals surface area contributed by atoms with Crippen molar-refractivity contribution in [1.29, 1.82) is 0 Å². The molecule has 0 amide bonds. The molecule has 0 radical (unpaired) electrons. The number of nitrogens with two attached hydrogens (primary N) is 1. The van der Waals surface area contributed by atoms with Gasteiger partial charge in [0.05, 0.1) is 0 Å². The Bertz CT molecular complexity index is 555. The molecule has 0 aliphatic rings. The van der Waals surface area contributed by atoms with Crippen molar-refractivity contribution in [2.75, 3.05) is 0 Å². The molecule has 0 saturated carbocycles. The third-order valence-corrected chi connectivity index (χ3v) is 3.87. The van der Waals surface area contributed by atoms with Crippen LogP contribution in [0.25, 0.3) is 0 Å². The lowest BCUT2D eigenvalue weighted by molar-refractivity contribution is 0.506. The van der Waals surface area contributed by atoms with Gasteiger partial charge in [0.1, 0.15) is 0 Å². The maximum Gasteiger partial charge on any atom is 0.159 e. The van der Waals surface area contributed by atoms with Crippen LogP contribution in [-0.4, -0.2) is 0 Å². The van der Waals surface area contributed by atoms with Crippen molar-refractivity contribution in [3.05, 3.63) is 59.7 Å². The molecule has 0 fully saturated rings. The lowest BCUT2D eigenvalue weighted by Crippen LogP contribution is -2.07. The molecule has 0 aliphatic carbocycles. The fourth-order valence-electron chi connectivity index (χ4n) is 1.70. The van der Waals surface area contributed by atoms with Gasteiger partial charge in [-0.25, -0.2) is 8.78 Å². The van der Waals surface area contributed by atoms with Crippen LogP contribution in [0.15, 0.2) is 52.3 Å². The van der Waals surface area contributed by atoms with E-state index in [9.17, 15) is 8.78 Å². The van der Waals surface area contributed by atoms with Crippen LogP contribution in [-0.2, 0) is 0 Å². The van der Waals surface area contributed by atoms with Gasteiger partial charge in [0.15, 0.2) is 11.6 Å². The molecular weight excluding hydrogens is 264 g/mol. The zero-order valence-corrected chi connectivity index (χ0v) is 11.4. The number of rotatable bonds is 4. The van der Waals surface area contributed by atoms with E-state index in [1.54, 1.807) is 6.07 Å². The van der Waals surface area contributed by atoms with E-state index in [0.29, 0.717) is 4.90 Å². The Morgan fingerprint density at radius 3 is 2.21 bits per heavy atom. The van der Waals surface area contributed by atoms with Gasteiger partial charge >= 0.3 is 0 Å². The molecule has 0 aliphatic heterocycles. The van der Waals surface area contributed by atoms with Gasteiger partial charge in [0.2, 0.25) is 0 Å². The van der Waals surface area contributed by atoms with Gasteiger partial charge in [-0.3, -0.25) is 0 Å². The normalized spacial score (nSPS) is 12.4. The largest absolute Gasteiger partial charge is 0.324 e. The van der Waals surface area contributed by atoms with Crippen LogP contribution in [0.5, 0.6) is 0 Å².